The molecule has 3 aromatic rings. The Morgan fingerprint density at radius 1 is 1.00 bits per heavy atom. The van der Waals surface area contributed by atoms with E-state index in [0.29, 0.717) is 16.9 Å². The minimum Gasteiger partial charge on any atom is -0.497 e. The number of ether oxygens (including phenoxy) is 1. The highest BCUT2D eigenvalue weighted by Gasteiger charge is 2.63. The molecule has 2 heterocycles. The van der Waals surface area contributed by atoms with Crippen LogP contribution in [0.25, 0.3) is 6.08 Å². The van der Waals surface area contributed by atoms with Crippen LogP contribution in [0.15, 0.2) is 79.0 Å². The number of carbonyl (C=O) groups excluding carboxylic acids is 1. The second-order valence-electron chi connectivity index (χ2n) is 8.45. The van der Waals surface area contributed by atoms with Gasteiger partial charge in [0.05, 0.1) is 25.3 Å². The number of Topliss-reactive ketones (excluding diaryl/α,β-unsaturated/α-hetero) is 1. The minimum absolute atomic E-state index is 0.276. The number of nitrogens with zero attached hydrogens (tertiary/aromatic N) is 3. The first kappa shape index (κ1) is 21.4. The second-order valence-corrected chi connectivity index (χ2v) is 8.45. The molecule has 0 saturated carbocycles. The highest BCUT2D eigenvalue weighted by molar-refractivity contribution is 6.01. The van der Waals surface area contributed by atoms with Gasteiger partial charge in [-0.1, -0.05) is 36.4 Å². The van der Waals surface area contributed by atoms with E-state index in [0.717, 1.165) is 11.1 Å². The molecular formula is C28H20FN3O2. The van der Waals surface area contributed by atoms with Crippen LogP contribution in [-0.4, -0.2) is 23.8 Å². The third kappa shape index (κ3) is 3.08. The normalized spacial score (nSPS) is 21.6. The lowest BCUT2D eigenvalue weighted by molar-refractivity contribution is 0.0874. The Morgan fingerprint density at radius 3 is 2.32 bits per heavy atom. The number of rotatable bonds is 4. The van der Waals surface area contributed by atoms with E-state index in [4.69, 9.17) is 4.74 Å². The third-order valence-corrected chi connectivity index (χ3v) is 6.82. The van der Waals surface area contributed by atoms with Crippen molar-refractivity contribution in [1.82, 2.24) is 4.90 Å². The van der Waals surface area contributed by atoms with Gasteiger partial charge in [-0.05, 0) is 59.2 Å². The maximum atomic E-state index is 13.9. The Kier molecular flexibility index (Phi) is 5.15. The highest BCUT2D eigenvalue weighted by atomic mass is 19.1. The second kappa shape index (κ2) is 8.17. The SMILES string of the molecule is COc1ccc([C@@H]2[C@@H](C(=O)c3ccc(F)cc3)N3C=Cc4ccccc4[C@@H]3C2(C#N)C#N)cc1. The predicted molar refractivity (Wildman–Crippen MR) is 124 cm³/mol. The van der Waals surface area contributed by atoms with E-state index >= 15 is 0 Å². The standard InChI is InChI=1S/C28H20FN3O2/c1-34-22-12-8-19(9-13-22)24-25(26(33)20-6-10-21(29)11-7-20)32-15-14-18-4-2-3-5-23(18)27(32)28(24,16-30)17-31/h2-15,24-25,27H,1H3/t24-,25+,27-/m1/s1. The molecule has 5 nitrogen and oxygen atoms in total. The van der Waals surface area contributed by atoms with Crippen LogP contribution in [0.3, 0.4) is 0 Å². The first-order valence-corrected chi connectivity index (χ1v) is 10.8. The molecule has 3 aromatic carbocycles. The molecule has 1 fully saturated rings. The first-order chi connectivity index (χ1) is 16.5. The van der Waals surface area contributed by atoms with E-state index in [1.165, 1.54) is 24.3 Å². The monoisotopic (exact) mass is 449 g/mol. The summed E-state index contributed by atoms with van der Waals surface area (Å²) in [6.45, 7) is 0. The molecule has 5 rings (SSSR count). The topological polar surface area (TPSA) is 77.1 Å². The number of hydrogen-bond acceptors (Lipinski definition) is 5. The number of methoxy groups -OCH3 is 1. The highest BCUT2D eigenvalue weighted by Crippen LogP contribution is 2.60. The van der Waals surface area contributed by atoms with Crippen LogP contribution in [0.4, 0.5) is 4.39 Å². The molecule has 0 aromatic heterocycles. The van der Waals surface area contributed by atoms with Gasteiger partial charge in [0.2, 0.25) is 0 Å². The van der Waals surface area contributed by atoms with Gasteiger partial charge >= 0.3 is 0 Å². The molecule has 0 unspecified atom stereocenters. The summed E-state index contributed by atoms with van der Waals surface area (Å²) in [4.78, 5) is 15.7. The molecule has 0 N–H and O–H groups in total. The first-order valence-electron chi connectivity index (χ1n) is 10.8. The predicted octanol–water partition coefficient (Wildman–Crippen LogP) is 5.24. The number of hydrogen-bond donors (Lipinski definition) is 0. The van der Waals surface area contributed by atoms with Gasteiger partial charge < -0.3 is 9.64 Å². The summed E-state index contributed by atoms with van der Waals surface area (Å²) in [5, 5.41) is 21.0. The smallest absolute Gasteiger partial charge is 0.185 e. The van der Waals surface area contributed by atoms with Crippen LogP contribution >= 0.6 is 0 Å². The molecule has 0 bridgehead atoms. The van der Waals surface area contributed by atoms with Crippen molar-refractivity contribution in [2.24, 2.45) is 5.41 Å². The average Bonchev–Trinajstić information content (AvgIpc) is 3.20. The van der Waals surface area contributed by atoms with Gasteiger partial charge in [0, 0.05) is 17.7 Å². The van der Waals surface area contributed by atoms with Crippen LogP contribution in [-0.2, 0) is 0 Å². The molecule has 2 aliphatic rings. The summed E-state index contributed by atoms with van der Waals surface area (Å²) in [5.74, 6) is -0.845. The summed E-state index contributed by atoms with van der Waals surface area (Å²) in [6, 6.07) is 23.2. The van der Waals surface area contributed by atoms with Gasteiger partial charge in [-0.2, -0.15) is 10.5 Å². The maximum absolute atomic E-state index is 13.9. The Balaban J connectivity index is 1.75. The number of carbonyl (C=O) groups is 1. The van der Waals surface area contributed by atoms with E-state index in [2.05, 4.69) is 12.1 Å². The van der Waals surface area contributed by atoms with Crippen molar-refractivity contribution >= 4 is 11.9 Å². The van der Waals surface area contributed by atoms with Gasteiger partial charge in [0.1, 0.15) is 17.6 Å². The lowest BCUT2D eigenvalue weighted by atomic mass is 9.67. The van der Waals surface area contributed by atoms with Crippen molar-refractivity contribution < 1.29 is 13.9 Å². The van der Waals surface area contributed by atoms with Crippen LogP contribution in [0, 0.1) is 33.9 Å². The lowest BCUT2D eigenvalue weighted by Gasteiger charge is -2.34. The molecule has 6 heteroatoms. The van der Waals surface area contributed by atoms with Crippen molar-refractivity contribution in [3.05, 3.63) is 107 Å². The van der Waals surface area contributed by atoms with E-state index in [9.17, 15) is 19.7 Å². The largest absolute Gasteiger partial charge is 0.497 e. The molecule has 0 aliphatic carbocycles. The maximum Gasteiger partial charge on any atom is 0.185 e. The Labute approximate surface area is 196 Å². The van der Waals surface area contributed by atoms with Gasteiger partial charge in [-0.3, -0.25) is 4.79 Å². The molecule has 2 aliphatic heterocycles. The zero-order valence-electron chi connectivity index (χ0n) is 18.4. The quantitative estimate of drug-likeness (QED) is 0.509. The summed E-state index contributed by atoms with van der Waals surface area (Å²) in [7, 11) is 1.56. The number of fused-ring (bicyclic) bond motifs is 3. The zero-order chi connectivity index (χ0) is 23.9. The van der Waals surface area contributed by atoms with Crippen molar-refractivity contribution in [3.8, 4) is 17.9 Å². The Morgan fingerprint density at radius 2 is 1.68 bits per heavy atom. The van der Waals surface area contributed by atoms with Gasteiger partial charge in [-0.25, -0.2) is 4.39 Å². The molecule has 0 spiro atoms. The van der Waals surface area contributed by atoms with Crippen LogP contribution in [0.1, 0.15) is 39.0 Å². The van der Waals surface area contributed by atoms with Crippen LogP contribution in [0.5, 0.6) is 5.75 Å². The molecule has 0 radical (unpaired) electrons. The summed E-state index contributed by atoms with van der Waals surface area (Å²) >= 11 is 0. The summed E-state index contributed by atoms with van der Waals surface area (Å²) < 4.78 is 18.9. The fourth-order valence-corrected chi connectivity index (χ4v) is 5.26. The van der Waals surface area contributed by atoms with Crippen molar-refractivity contribution in [1.29, 1.82) is 10.5 Å². The molecule has 0 amide bonds. The van der Waals surface area contributed by atoms with Gasteiger partial charge in [0.15, 0.2) is 11.2 Å². The van der Waals surface area contributed by atoms with E-state index in [1.807, 2.05) is 35.2 Å². The summed E-state index contributed by atoms with van der Waals surface area (Å²) in [5.41, 5.74) is 1.19. The molecular weight excluding hydrogens is 429 g/mol. The van der Waals surface area contributed by atoms with Crippen molar-refractivity contribution in [2.75, 3.05) is 7.11 Å². The number of ketones is 1. The number of nitriles is 2. The average molecular weight is 449 g/mol. The van der Waals surface area contributed by atoms with E-state index < -0.39 is 29.2 Å². The van der Waals surface area contributed by atoms with Crippen molar-refractivity contribution in [2.45, 2.75) is 18.0 Å². The summed E-state index contributed by atoms with van der Waals surface area (Å²) in [6.07, 6.45) is 3.69. The molecule has 166 valence electrons. The Hall–Kier alpha value is -4.42. The number of halogens is 1. The van der Waals surface area contributed by atoms with Crippen LogP contribution in [0.2, 0.25) is 0 Å². The zero-order valence-corrected chi connectivity index (χ0v) is 18.4. The molecule has 34 heavy (non-hydrogen) atoms. The van der Waals surface area contributed by atoms with E-state index in [-0.39, 0.29) is 5.78 Å². The molecule has 1 saturated heterocycles. The van der Waals surface area contributed by atoms with Gasteiger partial charge in [-0.15, -0.1) is 0 Å². The third-order valence-electron chi connectivity index (χ3n) is 6.82. The fraction of sp³-hybridized carbons (Fsp3) is 0.179. The molecule has 3 atom stereocenters. The van der Waals surface area contributed by atoms with Crippen LogP contribution < -0.4 is 4.74 Å². The van der Waals surface area contributed by atoms with E-state index in [1.54, 1.807) is 37.6 Å². The van der Waals surface area contributed by atoms with Crippen molar-refractivity contribution in [3.63, 3.8) is 0 Å². The van der Waals surface area contributed by atoms with Gasteiger partial charge in [0.25, 0.3) is 0 Å². The Bertz CT molecular complexity index is 1350. The fourth-order valence-electron chi connectivity index (χ4n) is 5.26. The number of benzene rings is 3. The minimum atomic E-state index is -1.55. The lowest BCUT2D eigenvalue weighted by Crippen LogP contribution is -2.37.